The van der Waals surface area contributed by atoms with E-state index in [-0.39, 0.29) is 5.56 Å². The van der Waals surface area contributed by atoms with Crippen LogP contribution in [0.25, 0.3) is 10.9 Å². The fraction of sp³-hybridized carbons (Fsp3) is 0.385. The van der Waals surface area contributed by atoms with E-state index in [2.05, 4.69) is 4.98 Å². The molecule has 0 aliphatic heterocycles. The number of rotatable bonds is 5. The van der Waals surface area contributed by atoms with Crippen molar-refractivity contribution >= 4 is 22.7 Å². The SMILES string of the molecule is CCn1c(SCCOC)nc2ccccc2c1=O. The van der Waals surface area contributed by atoms with Crippen LogP contribution in [0.3, 0.4) is 0 Å². The number of fused-ring (bicyclic) bond motifs is 1. The number of methoxy groups -OCH3 is 1. The van der Waals surface area contributed by atoms with E-state index in [0.717, 1.165) is 16.4 Å². The molecule has 96 valence electrons. The lowest BCUT2D eigenvalue weighted by atomic mass is 10.2. The van der Waals surface area contributed by atoms with Crippen LogP contribution in [0.4, 0.5) is 0 Å². The minimum atomic E-state index is 0.0306. The molecule has 2 rings (SSSR count). The van der Waals surface area contributed by atoms with Gasteiger partial charge in [0.05, 0.1) is 17.5 Å². The van der Waals surface area contributed by atoms with Crippen LogP contribution in [-0.2, 0) is 11.3 Å². The molecule has 0 bridgehead atoms. The first kappa shape index (κ1) is 13.1. The number of nitrogens with zero attached hydrogens (tertiary/aromatic N) is 2. The molecule has 1 heterocycles. The molecular formula is C13H16N2O2S. The summed E-state index contributed by atoms with van der Waals surface area (Å²) < 4.78 is 6.73. The van der Waals surface area contributed by atoms with Crippen LogP contribution in [0.5, 0.6) is 0 Å². The number of ether oxygens (including phenoxy) is 1. The Bertz CT molecular complexity index is 595. The van der Waals surface area contributed by atoms with Gasteiger partial charge < -0.3 is 4.74 Å². The summed E-state index contributed by atoms with van der Waals surface area (Å²) in [4.78, 5) is 16.8. The smallest absolute Gasteiger partial charge is 0.262 e. The minimum Gasteiger partial charge on any atom is -0.384 e. The minimum absolute atomic E-state index is 0.0306. The van der Waals surface area contributed by atoms with E-state index in [0.29, 0.717) is 18.5 Å². The van der Waals surface area contributed by atoms with E-state index in [1.54, 1.807) is 23.4 Å². The molecule has 1 aromatic carbocycles. The van der Waals surface area contributed by atoms with Gasteiger partial charge in [-0.1, -0.05) is 23.9 Å². The summed E-state index contributed by atoms with van der Waals surface area (Å²) in [7, 11) is 1.67. The van der Waals surface area contributed by atoms with Crippen LogP contribution in [0.15, 0.2) is 34.2 Å². The van der Waals surface area contributed by atoms with Crippen molar-refractivity contribution < 1.29 is 4.74 Å². The van der Waals surface area contributed by atoms with E-state index in [1.165, 1.54) is 0 Å². The molecule has 0 saturated carbocycles. The molecule has 0 aliphatic carbocycles. The topological polar surface area (TPSA) is 44.1 Å². The first-order chi connectivity index (χ1) is 8.77. The second-order valence-electron chi connectivity index (χ2n) is 3.80. The summed E-state index contributed by atoms with van der Waals surface area (Å²) in [5, 5.41) is 1.44. The van der Waals surface area contributed by atoms with E-state index >= 15 is 0 Å². The van der Waals surface area contributed by atoms with E-state index < -0.39 is 0 Å². The lowest BCUT2D eigenvalue weighted by Crippen LogP contribution is -2.22. The van der Waals surface area contributed by atoms with Gasteiger partial charge in [-0.25, -0.2) is 4.98 Å². The van der Waals surface area contributed by atoms with Crippen LogP contribution < -0.4 is 5.56 Å². The Morgan fingerprint density at radius 2 is 2.17 bits per heavy atom. The molecule has 0 spiro atoms. The maximum absolute atomic E-state index is 12.3. The predicted molar refractivity (Wildman–Crippen MR) is 74.3 cm³/mol. The van der Waals surface area contributed by atoms with Crippen molar-refractivity contribution in [1.82, 2.24) is 9.55 Å². The molecule has 0 amide bonds. The molecule has 4 nitrogen and oxygen atoms in total. The van der Waals surface area contributed by atoms with Gasteiger partial charge in [-0.05, 0) is 19.1 Å². The van der Waals surface area contributed by atoms with Gasteiger partial charge in [0.1, 0.15) is 0 Å². The summed E-state index contributed by atoms with van der Waals surface area (Å²) in [5.74, 6) is 0.793. The predicted octanol–water partition coefficient (Wildman–Crippen LogP) is 2.15. The number of hydrogen-bond acceptors (Lipinski definition) is 4. The van der Waals surface area contributed by atoms with Gasteiger partial charge in [0, 0.05) is 19.4 Å². The fourth-order valence-electron chi connectivity index (χ4n) is 1.75. The van der Waals surface area contributed by atoms with Crippen molar-refractivity contribution in [3.8, 4) is 0 Å². The molecule has 0 saturated heterocycles. The third kappa shape index (κ3) is 2.57. The molecule has 2 aromatic rings. The van der Waals surface area contributed by atoms with Gasteiger partial charge in [-0.3, -0.25) is 9.36 Å². The van der Waals surface area contributed by atoms with Gasteiger partial charge in [-0.15, -0.1) is 0 Å². The monoisotopic (exact) mass is 264 g/mol. The molecule has 0 fully saturated rings. The normalized spacial score (nSPS) is 11.0. The van der Waals surface area contributed by atoms with Crippen LogP contribution in [-0.4, -0.2) is 29.0 Å². The molecule has 5 heteroatoms. The highest BCUT2D eigenvalue weighted by atomic mass is 32.2. The highest BCUT2D eigenvalue weighted by Gasteiger charge is 2.09. The Labute approximate surface area is 110 Å². The maximum Gasteiger partial charge on any atom is 0.262 e. The van der Waals surface area contributed by atoms with Crippen molar-refractivity contribution in [2.24, 2.45) is 0 Å². The van der Waals surface area contributed by atoms with Gasteiger partial charge in [0.15, 0.2) is 5.16 Å². The number of aromatic nitrogens is 2. The molecule has 1 aromatic heterocycles. The first-order valence-corrected chi connectivity index (χ1v) is 6.87. The van der Waals surface area contributed by atoms with Crippen LogP contribution in [0.2, 0.25) is 0 Å². The van der Waals surface area contributed by atoms with Crippen molar-refractivity contribution in [1.29, 1.82) is 0 Å². The second-order valence-corrected chi connectivity index (χ2v) is 4.86. The second kappa shape index (κ2) is 6.02. The van der Waals surface area contributed by atoms with Crippen LogP contribution >= 0.6 is 11.8 Å². The van der Waals surface area contributed by atoms with Crippen molar-refractivity contribution in [3.63, 3.8) is 0 Å². The third-order valence-electron chi connectivity index (χ3n) is 2.66. The summed E-state index contributed by atoms with van der Waals surface area (Å²) in [5.41, 5.74) is 0.787. The maximum atomic E-state index is 12.3. The Morgan fingerprint density at radius 3 is 2.89 bits per heavy atom. The molecule has 0 unspecified atom stereocenters. The highest BCUT2D eigenvalue weighted by Crippen LogP contribution is 2.17. The largest absolute Gasteiger partial charge is 0.384 e. The number of thioether (sulfide) groups is 1. The summed E-state index contributed by atoms with van der Waals surface area (Å²) in [6.45, 7) is 3.24. The third-order valence-corrected chi connectivity index (χ3v) is 3.60. The lowest BCUT2D eigenvalue weighted by Gasteiger charge is -2.10. The summed E-state index contributed by atoms with van der Waals surface area (Å²) >= 11 is 1.55. The van der Waals surface area contributed by atoms with Crippen molar-refractivity contribution in [3.05, 3.63) is 34.6 Å². The highest BCUT2D eigenvalue weighted by molar-refractivity contribution is 7.99. The summed E-state index contributed by atoms with van der Waals surface area (Å²) in [6, 6.07) is 7.45. The van der Waals surface area contributed by atoms with Gasteiger partial charge >= 0.3 is 0 Å². The lowest BCUT2D eigenvalue weighted by molar-refractivity contribution is 0.218. The van der Waals surface area contributed by atoms with Crippen molar-refractivity contribution in [2.45, 2.75) is 18.6 Å². The molecule has 0 radical (unpaired) electrons. The van der Waals surface area contributed by atoms with E-state index in [9.17, 15) is 4.79 Å². The van der Waals surface area contributed by atoms with E-state index in [4.69, 9.17) is 4.74 Å². The zero-order valence-corrected chi connectivity index (χ0v) is 11.4. The summed E-state index contributed by atoms with van der Waals surface area (Å²) in [6.07, 6.45) is 0. The van der Waals surface area contributed by atoms with Crippen LogP contribution in [0.1, 0.15) is 6.92 Å². The quantitative estimate of drug-likeness (QED) is 0.471. The Kier molecular flexibility index (Phi) is 4.38. The average molecular weight is 264 g/mol. The zero-order chi connectivity index (χ0) is 13.0. The zero-order valence-electron chi connectivity index (χ0n) is 10.5. The van der Waals surface area contributed by atoms with Crippen molar-refractivity contribution in [2.75, 3.05) is 19.5 Å². The Balaban J connectivity index is 2.48. The standard InChI is InChI=1S/C13H16N2O2S/c1-3-15-12(16)10-6-4-5-7-11(10)14-13(15)18-9-8-17-2/h4-7H,3,8-9H2,1-2H3. The Morgan fingerprint density at radius 1 is 1.39 bits per heavy atom. The number of hydrogen-bond donors (Lipinski definition) is 0. The first-order valence-electron chi connectivity index (χ1n) is 5.89. The molecule has 0 N–H and O–H groups in total. The Hall–Kier alpha value is -1.33. The van der Waals surface area contributed by atoms with Gasteiger partial charge in [-0.2, -0.15) is 0 Å². The number of para-hydroxylation sites is 1. The number of benzene rings is 1. The fourth-order valence-corrected chi connectivity index (χ4v) is 2.72. The molecule has 0 aliphatic rings. The molecule has 18 heavy (non-hydrogen) atoms. The van der Waals surface area contributed by atoms with Crippen LogP contribution in [0, 0.1) is 0 Å². The van der Waals surface area contributed by atoms with E-state index in [1.807, 2.05) is 31.2 Å². The van der Waals surface area contributed by atoms with Gasteiger partial charge in [0.2, 0.25) is 0 Å². The van der Waals surface area contributed by atoms with Gasteiger partial charge in [0.25, 0.3) is 5.56 Å². The average Bonchev–Trinajstić information content (AvgIpc) is 2.39. The molecular weight excluding hydrogens is 248 g/mol. The molecule has 0 atom stereocenters.